The van der Waals surface area contributed by atoms with Crippen LogP contribution < -0.4 is 5.32 Å². The SMILES string of the molecule is C1CC2C[N]CC2C1. The molecule has 1 saturated carbocycles. The Bertz CT molecular complexity index is 70.4. The molecule has 0 aromatic heterocycles. The first-order valence-electron chi connectivity index (χ1n) is 3.60. The van der Waals surface area contributed by atoms with Crippen molar-refractivity contribution in [2.24, 2.45) is 11.8 Å². The van der Waals surface area contributed by atoms with Crippen LogP contribution in [0.3, 0.4) is 0 Å². The van der Waals surface area contributed by atoms with E-state index in [4.69, 9.17) is 0 Å². The van der Waals surface area contributed by atoms with Crippen molar-refractivity contribution in [2.75, 3.05) is 13.1 Å². The lowest BCUT2D eigenvalue weighted by molar-refractivity contribution is 0.494. The van der Waals surface area contributed by atoms with Gasteiger partial charge in [0, 0.05) is 13.1 Å². The quantitative estimate of drug-likeness (QED) is 0.442. The molecule has 1 aliphatic heterocycles. The molecule has 1 heteroatoms. The largest absolute Gasteiger partial charge is 0.241 e. The number of rotatable bonds is 0. The molecule has 1 radical (unpaired) electrons. The standard InChI is InChI=1S/C7H12N/c1-2-6-4-8-5-7(6)3-1/h6-7H,1-5H2. The van der Waals surface area contributed by atoms with Gasteiger partial charge in [-0.3, -0.25) is 0 Å². The third-order valence-corrected chi connectivity index (χ3v) is 2.54. The van der Waals surface area contributed by atoms with E-state index >= 15 is 0 Å². The molecule has 2 aliphatic rings. The average Bonchev–Trinajstić information content (AvgIpc) is 2.15. The Hall–Kier alpha value is -0.0400. The molecular formula is C7H12N. The molecule has 1 saturated heterocycles. The summed E-state index contributed by atoms with van der Waals surface area (Å²) < 4.78 is 0. The van der Waals surface area contributed by atoms with Crippen LogP contribution in [0, 0.1) is 11.8 Å². The molecule has 1 heterocycles. The van der Waals surface area contributed by atoms with Crippen molar-refractivity contribution in [3.05, 3.63) is 0 Å². The van der Waals surface area contributed by atoms with E-state index in [0.717, 1.165) is 11.8 Å². The Morgan fingerprint density at radius 3 is 2.25 bits per heavy atom. The second-order valence-corrected chi connectivity index (χ2v) is 3.04. The summed E-state index contributed by atoms with van der Waals surface area (Å²) in [5.41, 5.74) is 0. The molecule has 0 aromatic carbocycles. The second-order valence-electron chi connectivity index (χ2n) is 3.04. The molecule has 2 unspecified atom stereocenters. The highest BCUT2D eigenvalue weighted by molar-refractivity contribution is 4.85. The Morgan fingerprint density at radius 1 is 1.00 bits per heavy atom. The van der Waals surface area contributed by atoms with E-state index in [1.165, 1.54) is 32.4 Å². The summed E-state index contributed by atoms with van der Waals surface area (Å²) in [4.78, 5) is 0. The van der Waals surface area contributed by atoms with Crippen LogP contribution in [0.5, 0.6) is 0 Å². The topological polar surface area (TPSA) is 14.1 Å². The maximum absolute atomic E-state index is 4.37. The van der Waals surface area contributed by atoms with Gasteiger partial charge in [-0.15, -0.1) is 0 Å². The van der Waals surface area contributed by atoms with Gasteiger partial charge in [0.2, 0.25) is 0 Å². The van der Waals surface area contributed by atoms with E-state index in [1.54, 1.807) is 0 Å². The number of fused-ring (bicyclic) bond motifs is 1. The lowest BCUT2D eigenvalue weighted by atomic mass is 10.0. The van der Waals surface area contributed by atoms with Crippen molar-refractivity contribution in [1.29, 1.82) is 0 Å². The molecule has 0 amide bonds. The molecule has 8 heavy (non-hydrogen) atoms. The molecule has 2 fully saturated rings. The van der Waals surface area contributed by atoms with Crippen LogP contribution in [0.15, 0.2) is 0 Å². The highest BCUT2D eigenvalue weighted by Gasteiger charge is 2.31. The number of hydrogen-bond acceptors (Lipinski definition) is 0. The zero-order valence-corrected chi connectivity index (χ0v) is 5.14. The van der Waals surface area contributed by atoms with Gasteiger partial charge < -0.3 is 0 Å². The minimum atomic E-state index is 1.01. The summed E-state index contributed by atoms with van der Waals surface area (Å²) in [5.74, 6) is 2.02. The van der Waals surface area contributed by atoms with Gasteiger partial charge in [0.25, 0.3) is 0 Å². The molecule has 0 spiro atoms. The van der Waals surface area contributed by atoms with Crippen LogP contribution in [0.2, 0.25) is 0 Å². The summed E-state index contributed by atoms with van der Waals surface area (Å²) >= 11 is 0. The van der Waals surface area contributed by atoms with Crippen molar-refractivity contribution in [2.45, 2.75) is 19.3 Å². The first-order valence-corrected chi connectivity index (χ1v) is 3.60. The summed E-state index contributed by atoms with van der Waals surface area (Å²) in [6.07, 6.45) is 4.41. The van der Waals surface area contributed by atoms with Gasteiger partial charge in [0.05, 0.1) is 0 Å². The Labute approximate surface area is 50.5 Å². The van der Waals surface area contributed by atoms with E-state index in [1.807, 2.05) is 0 Å². The molecule has 0 N–H and O–H groups in total. The fourth-order valence-corrected chi connectivity index (χ4v) is 2.00. The molecule has 45 valence electrons. The molecule has 1 nitrogen and oxygen atoms in total. The van der Waals surface area contributed by atoms with Gasteiger partial charge >= 0.3 is 0 Å². The van der Waals surface area contributed by atoms with Crippen LogP contribution in [0.25, 0.3) is 0 Å². The van der Waals surface area contributed by atoms with Crippen LogP contribution in [0.4, 0.5) is 0 Å². The predicted octanol–water partition coefficient (Wildman–Crippen LogP) is 1.02. The summed E-state index contributed by atoms with van der Waals surface area (Å²) in [5, 5.41) is 4.37. The van der Waals surface area contributed by atoms with E-state index < -0.39 is 0 Å². The lowest BCUT2D eigenvalue weighted by Gasteiger charge is -2.02. The second kappa shape index (κ2) is 1.73. The fraction of sp³-hybridized carbons (Fsp3) is 1.00. The van der Waals surface area contributed by atoms with Gasteiger partial charge in [-0.05, 0) is 24.7 Å². The van der Waals surface area contributed by atoms with Gasteiger partial charge in [-0.1, -0.05) is 6.42 Å². The van der Waals surface area contributed by atoms with Gasteiger partial charge in [-0.2, -0.15) is 0 Å². The smallest absolute Gasteiger partial charge is 0.0164 e. The molecular weight excluding hydrogens is 98.1 g/mol. The van der Waals surface area contributed by atoms with Crippen LogP contribution >= 0.6 is 0 Å². The Morgan fingerprint density at radius 2 is 1.62 bits per heavy atom. The molecule has 0 aromatic rings. The molecule has 0 bridgehead atoms. The van der Waals surface area contributed by atoms with E-state index in [-0.39, 0.29) is 0 Å². The van der Waals surface area contributed by atoms with Crippen molar-refractivity contribution in [3.8, 4) is 0 Å². The minimum Gasteiger partial charge on any atom is -0.241 e. The van der Waals surface area contributed by atoms with Crippen molar-refractivity contribution in [1.82, 2.24) is 5.32 Å². The highest BCUT2D eigenvalue weighted by atomic mass is 14.9. The number of hydrogen-bond donors (Lipinski definition) is 0. The number of nitrogens with zero attached hydrogens (tertiary/aromatic N) is 1. The monoisotopic (exact) mass is 110 g/mol. The maximum atomic E-state index is 4.37. The average molecular weight is 110 g/mol. The summed E-state index contributed by atoms with van der Waals surface area (Å²) in [7, 11) is 0. The zero-order chi connectivity index (χ0) is 5.40. The lowest BCUT2D eigenvalue weighted by Crippen LogP contribution is -2.01. The maximum Gasteiger partial charge on any atom is 0.0164 e. The Balaban J connectivity index is 2.04. The zero-order valence-electron chi connectivity index (χ0n) is 5.14. The third-order valence-electron chi connectivity index (χ3n) is 2.54. The van der Waals surface area contributed by atoms with Crippen molar-refractivity contribution >= 4 is 0 Å². The van der Waals surface area contributed by atoms with Gasteiger partial charge in [-0.25, -0.2) is 5.32 Å². The van der Waals surface area contributed by atoms with Crippen molar-refractivity contribution in [3.63, 3.8) is 0 Å². The molecule has 2 atom stereocenters. The van der Waals surface area contributed by atoms with Crippen LogP contribution in [-0.2, 0) is 0 Å². The van der Waals surface area contributed by atoms with Crippen LogP contribution in [0.1, 0.15) is 19.3 Å². The molecule has 1 aliphatic carbocycles. The van der Waals surface area contributed by atoms with Crippen LogP contribution in [-0.4, -0.2) is 13.1 Å². The van der Waals surface area contributed by atoms with Gasteiger partial charge in [0.1, 0.15) is 0 Å². The first kappa shape index (κ1) is 4.80. The summed E-state index contributed by atoms with van der Waals surface area (Å²) in [6, 6.07) is 0. The highest BCUT2D eigenvalue weighted by Crippen LogP contribution is 2.34. The fourth-order valence-electron chi connectivity index (χ4n) is 2.00. The third kappa shape index (κ3) is 0.576. The normalized spacial score (nSPS) is 45.0. The van der Waals surface area contributed by atoms with E-state index in [9.17, 15) is 0 Å². The van der Waals surface area contributed by atoms with Crippen molar-refractivity contribution < 1.29 is 0 Å². The van der Waals surface area contributed by atoms with Gasteiger partial charge in [0.15, 0.2) is 0 Å². The predicted molar refractivity (Wildman–Crippen MR) is 32.7 cm³/mol. The molecule has 2 rings (SSSR count). The summed E-state index contributed by atoms with van der Waals surface area (Å²) in [6.45, 7) is 2.37. The van der Waals surface area contributed by atoms with E-state index in [0.29, 0.717) is 0 Å². The minimum absolute atomic E-state index is 1.01. The van der Waals surface area contributed by atoms with E-state index in [2.05, 4.69) is 5.32 Å². The first-order chi connectivity index (χ1) is 3.97. The Kier molecular flexibility index (Phi) is 1.04.